The zero-order valence-electron chi connectivity index (χ0n) is 12.4. The Morgan fingerprint density at radius 1 is 1.20 bits per heavy atom. The molecule has 2 fully saturated rings. The van der Waals surface area contributed by atoms with E-state index in [1.54, 1.807) is 12.1 Å². The normalized spacial score (nSPS) is 29.8. The molecule has 0 spiro atoms. The molecule has 0 heterocycles. The van der Waals surface area contributed by atoms with Crippen LogP contribution in [0.5, 0.6) is 0 Å². The lowest BCUT2D eigenvalue weighted by molar-refractivity contribution is 0.309. The molecule has 20 heavy (non-hydrogen) atoms. The summed E-state index contributed by atoms with van der Waals surface area (Å²) >= 11 is 0. The third-order valence-corrected chi connectivity index (χ3v) is 5.27. The second kappa shape index (κ2) is 6.26. The van der Waals surface area contributed by atoms with Gasteiger partial charge in [-0.05, 0) is 55.2 Å². The molecule has 0 radical (unpaired) electrons. The molecule has 0 aliphatic heterocycles. The minimum atomic E-state index is -0.136. The molecule has 1 aromatic carbocycles. The van der Waals surface area contributed by atoms with Crippen LogP contribution in [-0.2, 0) is 0 Å². The van der Waals surface area contributed by atoms with Crippen LogP contribution in [0.2, 0.25) is 0 Å². The molecule has 1 aromatic rings. The standard InChI is InChI=1S/C18H26FN/c1-2-3-4-17(14-7-9-16(19)10-8-14)20-18-12-13-5-6-15(18)11-13/h7-10,13,15,17-18,20H,2-6,11-12H2,1H3. The number of hydrogen-bond acceptors (Lipinski definition) is 1. The van der Waals surface area contributed by atoms with Gasteiger partial charge in [-0.25, -0.2) is 4.39 Å². The van der Waals surface area contributed by atoms with Gasteiger partial charge in [-0.1, -0.05) is 38.3 Å². The van der Waals surface area contributed by atoms with E-state index in [0.29, 0.717) is 12.1 Å². The Morgan fingerprint density at radius 3 is 2.60 bits per heavy atom. The first kappa shape index (κ1) is 14.1. The van der Waals surface area contributed by atoms with Gasteiger partial charge in [0.1, 0.15) is 5.82 Å². The van der Waals surface area contributed by atoms with Gasteiger partial charge in [0, 0.05) is 12.1 Å². The summed E-state index contributed by atoms with van der Waals surface area (Å²) in [6.45, 7) is 2.24. The predicted octanol–water partition coefficient (Wildman–Crippen LogP) is 4.84. The van der Waals surface area contributed by atoms with Gasteiger partial charge in [-0.2, -0.15) is 0 Å². The maximum Gasteiger partial charge on any atom is 0.123 e. The first-order valence-electron chi connectivity index (χ1n) is 8.27. The lowest BCUT2D eigenvalue weighted by Gasteiger charge is -2.29. The Labute approximate surface area is 122 Å². The van der Waals surface area contributed by atoms with Crippen LogP contribution in [0.15, 0.2) is 24.3 Å². The molecule has 0 aromatic heterocycles. The average molecular weight is 275 g/mol. The number of halogens is 1. The maximum absolute atomic E-state index is 13.1. The van der Waals surface area contributed by atoms with Crippen molar-refractivity contribution in [2.24, 2.45) is 11.8 Å². The smallest absolute Gasteiger partial charge is 0.123 e. The SMILES string of the molecule is CCCCC(NC1CC2CCC1C2)c1ccc(F)cc1. The van der Waals surface area contributed by atoms with E-state index in [2.05, 4.69) is 12.2 Å². The third kappa shape index (κ3) is 3.06. The number of unbranched alkanes of at least 4 members (excludes halogenated alkanes) is 1. The highest BCUT2D eigenvalue weighted by Gasteiger charge is 2.40. The van der Waals surface area contributed by atoms with Gasteiger partial charge >= 0.3 is 0 Å². The second-order valence-electron chi connectivity index (χ2n) is 6.69. The molecule has 2 aliphatic rings. The quantitative estimate of drug-likeness (QED) is 0.783. The van der Waals surface area contributed by atoms with Crippen LogP contribution in [0.25, 0.3) is 0 Å². The molecule has 1 N–H and O–H groups in total. The maximum atomic E-state index is 13.1. The zero-order chi connectivity index (χ0) is 13.9. The number of nitrogens with one attached hydrogen (secondary N) is 1. The minimum absolute atomic E-state index is 0.136. The predicted molar refractivity (Wildman–Crippen MR) is 81.0 cm³/mol. The zero-order valence-corrected chi connectivity index (χ0v) is 12.4. The van der Waals surface area contributed by atoms with Crippen LogP contribution in [0.4, 0.5) is 4.39 Å². The Morgan fingerprint density at radius 2 is 2.00 bits per heavy atom. The fourth-order valence-corrected chi connectivity index (χ4v) is 4.16. The van der Waals surface area contributed by atoms with E-state index >= 15 is 0 Å². The average Bonchev–Trinajstić information content (AvgIpc) is 3.07. The Kier molecular flexibility index (Phi) is 4.40. The third-order valence-electron chi connectivity index (χ3n) is 5.27. The molecule has 1 nitrogen and oxygen atoms in total. The monoisotopic (exact) mass is 275 g/mol. The molecular formula is C18H26FN. The molecule has 3 rings (SSSR count). The van der Waals surface area contributed by atoms with Crippen molar-refractivity contribution in [2.75, 3.05) is 0 Å². The summed E-state index contributed by atoms with van der Waals surface area (Å²) in [5.74, 6) is 1.73. The molecule has 2 aliphatic carbocycles. The summed E-state index contributed by atoms with van der Waals surface area (Å²) in [5.41, 5.74) is 1.25. The van der Waals surface area contributed by atoms with Crippen LogP contribution in [0.3, 0.4) is 0 Å². The van der Waals surface area contributed by atoms with Crippen molar-refractivity contribution >= 4 is 0 Å². The molecule has 0 saturated heterocycles. The molecule has 2 heteroatoms. The molecule has 2 bridgehead atoms. The van der Waals surface area contributed by atoms with Gasteiger partial charge in [0.05, 0.1) is 0 Å². The highest BCUT2D eigenvalue weighted by Crippen LogP contribution is 2.45. The molecule has 2 saturated carbocycles. The van der Waals surface area contributed by atoms with Crippen molar-refractivity contribution in [3.63, 3.8) is 0 Å². The summed E-state index contributed by atoms with van der Waals surface area (Å²) in [6.07, 6.45) is 9.25. The molecule has 4 atom stereocenters. The van der Waals surface area contributed by atoms with Gasteiger partial charge < -0.3 is 5.32 Å². The van der Waals surface area contributed by atoms with E-state index < -0.39 is 0 Å². The molecule has 4 unspecified atom stereocenters. The topological polar surface area (TPSA) is 12.0 Å². The van der Waals surface area contributed by atoms with E-state index in [9.17, 15) is 4.39 Å². The minimum Gasteiger partial charge on any atom is -0.307 e. The van der Waals surface area contributed by atoms with E-state index in [0.717, 1.165) is 18.3 Å². The van der Waals surface area contributed by atoms with E-state index in [1.807, 2.05) is 12.1 Å². The fourth-order valence-electron chi connectivity index (χ4n) is 4.16. The fraction of sp³-hybridized carbons (Fsp3) is 0.667. The van der Waals surface area contributed by atoms with Crippen molar-refractivity contribution in [3.8, 4) is 0 Å². The summed E-state index contributed by atoms with van der Waals surface area (Å²) < 4.78 is 13.1. The highest BCUT2D eigenvalue weighted by atomic mass is 19.1. The van der Waals surface area contributed by atoms with Crippen molar-refractivity contribution in [3.05, 3.63) is 35.6 Å². The van der Waals surface area contributed by atoms with Gasteiger partial charge in [-0.15, -0.1) is 0 Å². The Bertz CT molecular complexity index is 428. The molecular weight excluding hydrogens is 249 g/mol. The van der Waals surface area contributed by atoms with E-state index in [4.69, 9.17) is 0 Å². The summed E-state index contributed by atoms with van der Waals surface area (Å²) in [6, 6.07) is 8.19. The van der Waals surface area contributed by atoms with E-state index in [1.165, 1.54) is 44.1 Å². The van der Waals surface area contributed by atoms with Gasteiger partial charge in [-0.3, -0.25) is 0 Å². The lowest BCUT2D eigenvalue weighted by atomic mass is 9.92. The molecule has 0 amide bonds. The Balaban J connectivity index is 1.67. The van der Waals surface area contributed by atoms with Crippen LogP contribution in [0, 0.1) is 17.7 Å². The van der Waals surface area contributed by atoms with Crippen molar-refractivity contribution < 1.29 is 4.39 Å². The van der Waals surface area contributed by atoms with Crippen LogP contribution < -0.4 is 5.32 Å². The number of hydrogen-bond donors (Lipinski definition) is 1. The number of fused-ring (bicyclic) bond motifs is 2. The number of benzene rings is 1. The summed E-state index contributed by atoms with van der Waals surface area (Å²) in [7, 11) is 0. The number of rotatable bonds is 6. The van der Waals surface area contributed by atoms with E-state index in [-0.39, 0.29) is 5.82 Å². The van der Waals surface area contributed by atoms with Crippen LogP contribution in [0.1, 0.15) is 63.5 Å². The van der Waals surface area contributed by atoms with Crippen molar-refractivity contribution in [1.29, 1.82) is 0 Å². The largest absolute Gasteiger partial charge is 0.307 e. The lowest BCUT2D eigenvalue weighted by Crippen LogP contribution is -2.36. The highest BCUT2D eigenvalue weighted by molar-refractivity contribution is 5.20. The first-order valence-corrected chi connectivity index (χ1v) is 8.27. The van der Waals surface area contributed by atoms with Crippen molar-refractivity contribution in [1.82, 2.24) is 5.32 Å². The Hall–Kier alpha value is -0.890. The van der Waals surface area contributed by atoms with Crippen LogP contribution in [-0.4, -0.2) is 6.04 Å². The summed E-state index contributed by atoms with van der Waals surface area (Å²) in [5, 5.41) is 3.90. The van der Waals surface area contributed by atoms with Gasteiger partial charge in [0.25, 0.3) is 0 Å². The summed E-state index contributed by atoms with van der Waals surface area (Å²) in [4.78, 5) is 0. The van der Waals surface area contributed by atoms with Crippen LogP contribution >= 0.6 is 0 Å². The van der Waals surface area contributed by atoms with Gasteiger partial charge in [0.15, 0.2) is 0 Å². The van der Waals surface area contributed by atoms with Gasteiger partial charge in [0.2, 0.25) is 0 Å². The second-order valence-corrected chi connectivity index (χ2v) is 6.69. The van der Waals surface area contributed by atoms with Crippen molar-refractivity contribution in [2.45, 2.75) is 64.0 Å². The molecule has 110 valence electrons. The first-order chi connectivity index (χ1) is 9.76.